The number of aryl methyl sites for hydroxylation is 2. The Morgan fingerprint density at radius 2 is 1.72 bits per heavy atom. The van der Waals surface area contributed by atoms with Crippen molar-refractivity contribution in [2.75, 3.05) is 37.8 Å². The van der Waals surface area contributed by atoms with Crippen LogP contribution in [0.4, 0.5) is 5.95 Å². The molecular formula is C20H25N5O3S. The Morgan fingerprint density at radius 3 is 2.52 bits per heavy atom. The average molecular weight is 416 g/mol. The van der Waals surface area contributed by atoms with Crippen LogP contribution in [0.3, 0.4) is 0 Å². The minimum absolute atomic E-state index is 0.0446. The van der Waals surface area contributed by atoms with Gasteiger partial charge in [0.25, 0.3) is 5.91 Å². The summed E-state index contributed by atoms with van der Waals surface area (Å²) in [4.78, 5) is 33.2. The minimum atomic E-state index is -0.168. The number of carbonyl (C=O) groups excluding carboxylic acids is 2. The van der Waals surface area contributed by atoms with Crippen molar-refractivity contribution < 1.29 is 14.3 Å². The summed E-state index contributed by atoms with van der Waals surface area (Å²) in [7, 11) is 0. The third-order valence-corrected chi connectivity index (χ3v) is 5.40. The lowest BCUT2D eigenvalue weighted by Crippen LogP contribution is -2.30. The molecule has 1 aromatic carbocycles. The van der Waals surface area contributed by atoms with Gasteiger partial charge in [-0.2, -0.15) is 0 Å². The van der Waals surface area contributed by atoms with E-state index in [0.29, 0.717) is 54.8 Å². The molecule has 2 heterocycles. The molecule has 4 N–H and O–H groups in total. The molecule has 0 aliphatic carbocycles. The largest absolute Gasteiger partial charge is 0.378 e. The number of ether oxygens (including phenoxy) is 1. The summed E-state index contributed by atoms with van der Waals surface area (Å²) in [6.07, 6.45) is 0.369. The van der Waals surface area contributed by atoms with Gasteiger partial charge in [-0.25, -0.2) is 9.97 Å². The van der Waals surface area contributed by atoms with Gasteiger partial charge in [0, 0.05) is 36.4 Å². The molecule has 4 bridgehead atoms. The van der Waals surface area contributed by atoms with Crippen molar-refractivity contribution >= 4 is 29.5 Å². The summed E-state index contributed by atoms with van der Waals surface area (Å²) in [5.74, 6) is 0.519. The third-order valence-electron chi connectivity index (χ3n) is 4.49. The Hall–Kier alpha value is -2.65. The van der Waals surface area contributed by atoms with E-state index in [-0.39, 0.29) is 17.8 Å². The first-order valence-electron chi connectivity index (χ1n) is 9.45. The number of nitrogen functional groups attached to an aromatic ring is 1. The quantitative estimate of drug-likeness (QED) is 0.560. The number of hydrogen-bond donors (Lipinski definition) is 3. The number of nitrogens with one attached hydrogen (secondary N) is 2. The lowest BCUT2D eigenvalue weighted by atomic mass is 9.97. The molecule has 3 rings (SSSR count). The summed E-state index contributed by atoms with van der Waals surface area (Å²) >= 11 is 1.44. The molecule has 0 atom stereocenters. The van der Waals surface area contributed by atoms with E-state index in [1.807, 2.05) is 32.0 Å². The smallest absolute Gasteiger partial charge is 0.251 e. The maximum atomic E-state index is 12.7. The van der Waals surface area contributed by atoms with E-state index in [9.17, 15) is 9.59 Å². The summed E-state index contributed by atoms with van der Waals surface area (Å²) in [6, 6.07) is 5.65. The maximum absolute atomic E-state index is 12.7. The second-order valence-corrected chi connectivity index (χ2v) is 7.86. The van der Waals surface area contributed by atoms with Gasteiger partial charge in [0.15, 0.2) is 0 Å². The van der Waals surface area contributed by atoms with E-state index in [1.165, 1.54) is 11.8 Å². The van der Waals surface area contributed by atoms with Crippen LogP contribution in [-0.4, -0.2) is 53.8 Å². The van der Waals surface area contributed by atoms with Gasteiger partial charge in [-0.15, -0.1) is 11.8 Å². The fourth-order valence-electron chi connectivity index (χ4n) is 3.06. The highest BCUT2D eigenvalue weighted by molar-refractivity contribution is 7.99. The van der Waals surface area contributed by atoms with Crippen LogP contribution in [-0.2, 0) is 9.53 Å². The van der Waals surface area contributed by atoms with Crippen LogP contribution in [0.2, 0.25) is 0 Å². The molecule has 1 aliphatic heterocycles. The molecule has 0 spiro atoms. The molecule has 0 saturated carbocycles. The zero-order valence-electron chi connectivity index (χ0n) is 16.6. The fraction of sp³-hybridized carbons (Fsp3) is 0.400. The molecule has 9 heteroatoms. The van der Waals surface area contributed by atoms with Crippen molar-refractivity contribution in [3.8, 4) is 11.3 Å². The molecule has 0 fully saturated rings. The van der Waals surface area contributed by atoms with Gasteiger partial charge >= 0.3 is 0 Å². The van der Waals surface area contributed by atoms with E-state index < -0.39 is 0 Å². The lowest BCUT2D eigenvalue weighted by molar-refractivity contribution is -0.120. The van der Waals surface area contributed by atoms with Gasteiger partial charge in [0.05, 0.1) is 18.9 Å². The average Bonchev–Trinajstić information content (AvgIpc) is 2.66. The third kappa shape index (κ3) is 5.68. The molecule has 2 aromatic rings. The monoisotopic (exact) mass is 415 g/mol. The predicted molar refractivity (Wildman–Crippen MR) is 113 cm³/mol. The summed E-state index contributed by atoms with van der Waals surface area (Å²) in [5.41, 5.74) is 9.86. The van der Waals surface area contributed by atoms with Gasteiger partial charge in [-0.3, -0.25) is 9.59 Å². The second-order valence-electron chi connectivity index (χ2n) is 6.75. The Morgan fingerprint density at radius 1 is 1.00 bits per heavy atom. The number of aromatic nitrogens is 2. The lowest BCUT2D eigenvalue weighted by Gasteiger charge is -2.14. The zero-order valence-corrected chi connectivity index (χ0v) is 17.4. The SMILES string of the molecule is Cc1cc(C)c2cc1C(=O)NCCOCCNC(=O)CCSc1cc-2nc(N)n1. The summed E-state index contributed by atoms with van der Waals surface area (Å²) in [6.45, 7) is 5.47. The minimum Gasteiger partial charge on any atom is -0.378 e. The molecular weight excluding hydrogens is 390 g/mol. The van der Waals surface area contributed by atoms with Crippen LogP contribution in [0.15, 0.2) is 23.2 Å². The zero-order chi connectivity index (χ0) is 20.8. The number of amides is 2. The van der Waals surface area contributed by atoms with Gasteiger partial charge in [-0.1, -0.05) is 6.07 Å². The first-order chi connectivity index (χ1) is 13.9. The van der Waals surface area contributed by atoms with E-state index in [4.69, 9.17) is 10.5 Å². The Kier molecular flexibility index (Phi) is 7.05. The molecule has 0 unspecified atom stereocenters. The Bertz CT molecular complexity index is 919. The number of hydrogen-bond acceptors (Lipinski definition) is 7. The molecule has 0 saturated heterocycles. The standard InChI is InChI=1S/C20H25N5O3S/c1-12-9-13(2)15-10-14(12)16-11-18(25-20(21)24-16)29-8-3-17(26)22-4-6-28-7-5-23-19(15)27/h9-11H,3-8H2,1-2H3,(H,22,26)(H,23,27)(H2,21,24,25). The number of nitrogens with zero attached hydrogens (tertiary/aromatic N) is 2. The second kappa shape index (κ2) is 9.71. The summed E-state index contributed by atoms with van der Waals surface area (Å²) in [5, 5.41) is 6.37. The predicted octanol–water partition coefficient (Wildman–Crippen LogP) is 1.70. The highest BCUT2D eigenvalue weighted by Gasteiger charge is 2.15. The van der Waals surface area contributed by atoms with Crippen LogP contribution in [0.25, 0.3) is 11.3 Å². The first-order valence-corrected chi connectivity index (χ1v) is 10.4. The molecule has 8 nitrogen and oxygen atoms in total. The normalized spacial score (nSPS) is 16.3. The Labute approximate surface area is 174 Å². The van der Waals surface area contributed by atoms with Gasteiger partial charge in [-0.05, 0) is 37.1 Å². The van der Waals surface area contributed by atoms with Gasteiger partial charge in [0.2, 0.25) is 11.9 Å². The van der Waals surface area contributed by atoms with Crippen molar-refractivity contribution in [1.82, 2.24) is 20.6 Å². The highest BCUT2D eigenvalue weighted by atomic mass is 32.2. The molecule has 154 valence electrons. The number of anilines is 1. The van der Waals surface area contributed by atoms with Crippen LogP contribution in [0.1, 0.15) is 27.9 Å². The number of nitrogens with two attached hydrogens (primary N) is 1. The van der Waals surface area contributed by atoms with Gasteiger partial charge in [0.1, 0.15) is 5.03 Å². The van der Waals surface area contributed by atoms with Crippen molar-refractivity contribution in [2.24, 2.45) is 0 Å². The van der Waals surface area contributed by atoms with Crippen LogP contribution >= 0.6 is 11.8 Å². The first kappa shape index (κ1) is 21.1. The number of fused-ring (bicyclic) bond motifs is 5. The number of thioether (sulfide) groups is 1. The molecule has 2 amide bonds. The van der Waals surface area contributed by atoms with Crippen LogP contribution < -0.4 is 16.4 Å². The number of carbonyl (C=O) groups is 2. The van der Waals surface area contributed by atoms with Crippen molar-refractivity contribution in [3.63, 3.8) is 0 Å². The Balaban J connectivity index is 1.96. The van der Waals surface area contributed by atoms with E-state index in [2.05, 4.69) is 20.6 Å². The van der Waals surface area contributed by atoms with Crippen molar-refractivity contribution in [1.29, 1.82) is 0 Å². The molecule has 29 heavy (non-hydrogen) atoms. The molecule has 0 radical (unpaired) electrons. The molecule has 1 aliphatic rings. The van der Waals surface area contributed by atoms with Crippen molar-refractivity contribution in [3.05, 3.63) is 34.9 Å². The van der Waals surface area contributed by atoms with E-state index in [0.717, 1.165) is 16.7 Å². The number of benzene rings is 1. The highest BCUT2D eigenvalue weighted by Crippen LogP contribution is 2.29. The molecule has 1 aromatic heterocycles. The topological polar surface area (TPSA) is 119 Å². The van der Waals surface area contributed by atoms with E-state index in [1.54, 1.807) is 0 Å². The maximum Gasteiger partial charge on any atom is 0.251 e. The van der Waals surface area contributed by atoms with Crippen molar-refractivity contribution in [2.45, 2.75) is 25.3 Å². The summed E-state index contributed by atoms with van der Waals surface area (Å²) < 4.78 is 5.46. The van der Waals surface area contributed by atoms with Gasteiger partial charge < -0.3 is 21.1 Å². The number of rotatable bonds is 0. The van der Waals surface area contributed by atoms with E-state index >= 15 is 0 Å². The van der Waals surface area contributed by atoms with Crippen LogP contribution in [0, 0.1) is 13.8 Å². The fourth-order valence-corrected chi connectivity index (χ4v) is 3.91. The van der Waals surface area contributed by atoms with Crippen LogP contribution in [0.5, 0.6) is 0 Å².